The summed E-state index contributed by atoms with van der Waals surface area (Å²) in [6.07, 6.45) is 0. The second-order valence-electron chi connectivity index (χ2n) is 6.19. The van der Waals surface area contributed by atoms with Crippen LogP contribution < -0.4 is 10.1 Å². The van der Waals surface area contributed by atoms with Crippen LogP contribution in [-0.4, -0.2) is 5.91 Å². The maximum atomic E-state index is 12.4. The summed E-state index contributed by atoms with van der Waals surface area (Å²) in [5.74, 6) is 0.629. The van der Waals surface area contributed by atoms with Crippen LogP contribution in [0.4, 0.5) is 5.69 Å². The van der Waals surface area contributed by atoms with E-state index in [1.807, 2.05) is 56.3 Å². The lowest BCUT2D eigenvalue weighted by molar-refractivity contribution is 0.102. The number of rotatable bonds is 5. The van der Waals surface area contributed by atoms with Gasteiger partial charge in [0.25, 0.3) is 5.91 Å². The van der Waals surface area contributed by atoms with Crippen molar-refractivity contribution < 1.29 is 9.53 Å². The number of ether oxygens (including phenoxy) is 1. The Morgan fingerprint density at radius 2 is 1.62 bits per heavy atom. The summed E-state index contributed by atoms with van der Waals surface area (Å²) < 4.78 is 5.71. The lowest BCUT2D eigenvalue weighted by atomic mass is 10.1. The van der Waals surface area contributed by atoms with E-state index in [-0.39, 0.29) is 5.91 Å². The maximum absolute atomic E-state index is 12.4. The van der Waals surface area contributed by atoms with Crippen molar-refractivity contribution in [1.29, 1.82) is 0 Å². The first kappa shape index (κ1) is 18.0. The number of carbonyl (C=O) groups is 1. The molecular weight excluding hydrogens is 346 g/mol. The van der Waals surface area contributed by atoms with E-state index in [0.717, 1.165) is 22.6 Å². The third kappa shape index (κ3) is 4.64. The van der Waals surface area contributed by atoms with E-state index in [1.165, 1.54) is 5.56 Å². The minimum absolute atomic E-state index is 0.126. The molecule has 3 aromatic carbocycles. The molecular formula is C22H20ClNO2. The Morgan fingerprint density at radius 3 is 2.27 bits per heavy atom. The number of anilines is 1. The van der Waals surface area contributed by atoms with Crippen LogP contribution >= 0.6 is 11.6 Å². The molecule has 0 atom stereocenters. The van der Waals surface area contributed by atoms with Gasteiger partial charge in [-0.1, -0.05) is 29.8 Å². The number of aryl methyl sites for hydroxylation is 2. The summed E-state index contributed by atoms with van der Waals surface area (Å²) >= 11 is 5.86. The van der Waals surface area contributed by atoms with Crippen LogP contribution in [-0.2, 0) is 6.61 Å². The molecule has 0 saturated carbocycles. The van der Waals surface area contributed by atoms with Crippen molar-refractivity contribution in [3.8, 4) is 5.75 Å². The second-order valence-corrected chi connectivity index (χ2v) is 6.63. The van der Waals surface area contributed by atoms with Crippen LogP contribution in [0.5, 0.6) is 5.75 Å². The van der Waals surface area contributed by atoms with Gasteiger partial charge in [-0.3, -0.25) is 4.79 Å². The normalized spacial score (nSPS) is 10.4. The molecule has 0 aliphatic heterocycles. The zero-order chi connectivity index (χ0) is 18.5. The van der Waals surface area contributed by atoms with Crippen molar-refractivity contribution in [2.75, 3.05) is 5.32 Å². The minimum atomic E-state index is -0.126. The van der Waals surface area contributed by atoms with Gasteiger partial charge in [0, 0.05) is 16.3 Å². The average molecular weight is 366 g/mol. The van der Waals surface area contributed by atoms with Gasteiger partial charge in [-0.2, -0.15) is 0 Å². The monoisotopic (exact) mass is 365 g/mol. The third-order valence-corrected chi connectivity index (χ3v) is 4.45. The molecule has 3 rings (SSSR count). The van der Waals surface area contributed by atoms with E-state index in [2.05, 4.69) is 5.32 Å². The van der Waals surface area contributed by atoms with Crippen molar-refractivity contribution in [3.05, 3.63) is 94.0 Å². The number of carbonyl (C=O) groups excluding carboxylic acids is 1. The molecule has 0 fully saturated rings. The highest BCUT2D eigenvalue weighted by Crippen LogP contribution is 2.18. The van der Waals surface area contributed by atoms with E-state index < -0.39 is 0 Å². The van der Waals surface area contributed by atoms with Crippen molar-refractivity contribution >= 4 is 23.2 Å². The summed E-state index contributed by atoms with van der Waals surface area (Å²) in [5.41, 5.74) is 4.75. The summed E-state index contributed by atoms with van der Waals surface area (Å²) in [6.45, 7) is 4.51. The number of hydrogen-bond acceptors (Lipinski definition) is 2. The van der Waals surface area contributed by atoms with Crippen LogP contribution in [0.1, 0.15) is 27.0 Å². The van der Waals surface area contributed by atoms with E-state index in [9.17, 15) is 4.79 Å². The van der Waals surface area contributed by atoms with E-state index in [4.69, 9.17) is 16.3 Å². The number of halogens is 1. The summed E-state index contributed by atoms with van der Waals surface area (Å²) in [6, 6.07) is 20.5. The molecule has 3 nitrogen and oxygen atoms in total. The Bertz CT molecular complexity index is 902. The second kappa shape index (κ2) is 8.07. The van der Waals surface area contributed by atoms with Gasteiger partial charge in [-0.25, -0.2) is 0 Å². The molecule has 0 unspecified atom stereocenters. The first-order valence-electron chi connectivity index (χ1n) is 8.37. The fourth-order valence-electron chi connectivity index (χ4n) is 2.47. The van der Waals surface area contributed by atoms with Crippen LogP contribution in [0.15, 0.2) is 66.7 Å². The summed E-state index contributed by atoms with van der Waals surface area (Å²) in [5, 5.41) is 3.60. The Kier molecular flexibility index (Phi) is 5.59. The molecule has 0 bridgehead atoms. The lowest BCUT2D eigenvalue weighted by Gasteiger charge is -2.09. The van der Waals surface area contributed by atoms with Gasteiger partial charge in [-0.05, 0) is 79.1 Å². The fraction of sp³-hybridized carbons (Fsp3) is 0.136. The van der Waals surface area contributed by atoms with Crippen molar-refractivity contribution in [2.24, 2.45) is 0 Å². The molecule has 4 heteroatoms. The largest absolute Gasteiger partial charge is 0.489 e. The zero-order valence-corrected chi connectivity index (χ0v) is 15.5. The molecule has 26 heavy (non-hydrogen) atoms. The summed E-state index contributed by atoms with van der Waals surface area (Å²) in [4.78, 5) is 12.4. The highest BCUT2D eigenvalue weighted by atomic mass is 35.5. The molecule has 0 radical (unpaired) electrons. The smallest absolute Gasteiger partial charge is 0.255 e. The Hall–Kier alpha value is -2.78. The van der Waals surface area contributed by atoms with E-state index >= 15 is 0 Å². The molecule has 1 amide bonds. The maximum Gasteiger partial charge on any atom is 0.255 e. The molecule has 132 valence electrons. The predicted octanol–water partition coefficient (Wildman–Crippen LogP) is 5.79. The Labute approximate surface area is 158 Å². The van der Waals surface area contributed by atoms with Crippen LogP contribution in [0.25, 0.3) is 0 Å². The molecule has 1 N–H and O–H groups in total. The minimum Gasteiger partial charge on any atom is -0.489 e. The van der Waals surface area contributed by atoms with Gasteiger partial charge < -0.3 is 10.1 Å². The van der Waals surface area contributed by atoms with Gasteiger partial charge >= 0.3 is 0 Å². The zero-order valence-electron chi connectivity index (χ0n) is 14.8. The molecule has 0 saturated heterocycles. The molecule has 0 aliphatic rings. The number of nitrogens with one attached hydrogen (secondary N) is 1. The van der Waals surface area contributed by atoms with Crippen LogP contribution in [0, 0.1) is 13.8 Å². The van der Waals surface area contributed by atoms with Crippen molar-refractivity contribution in [3.63, 3.8) is 0 Å². The molecule has 0 aliphatic carbocycles. The molecule has 3 aromatic rings. The Balaban J connectivity index is 1.60. The predicted molar refractivity (Wildman–Crippen MR) is 106 cm³/mol. The summed E-state index contributed by atoms with van der Waals surface area (Å²) in [7, 11) is 0. The average Bonchev–Trinajstić information content (AvgIpc) is 2.65. The van der Waals surface area contributed by atoms with Crippen LogP contribution in [0.3, 0.4) is 0 Å². The number of amides is 1. The van der Waals surface area contributed by atoms with E-state index in [0.29, 0.717) is 17.2 Å². The standard InChI is InChI=1S/C22H20ClNO2/c1-15-3-10-20(13-16(15)2)24-22(25)18-6-4-17(5-7-18)14-26-21-11-8-19(23)9-12-21/h3-13H,14H2,1-2H3,(H,24,25). The highest BCUT2D eigenvalue weighted by molar-refractivity contribution is 6.30. The molecule has 0 spiro atoms. The Morgan fingerprint density at radius 1 is 0.923 bits per heavy atom. The van der Waals surface area contributed by atoms with Crippen LogP contribution in [0.2, 0.25) is 5.02 Å². The van der Waals surface area contributed by atoms with Gasteiger partial charge in [0.1, 0.15) is 12.4 Å². The lowest BCUT2D eigenvalue weighted by Crippen LogP contribution is -2.12. The van der Waals surface area contributed by atoms with Gasteiger partial charge in [0.05, 0.1) is 0 Å². The molecule has 0 aromatic heterocycles. The first-order chi connectivity index (χ1) is 12.5. The molecule has 0 heterocycles. The van der Waals surface area contributed by atoms with Crippen molar-refractivity contribution in [2.45, 2.75) is 20.5 Å². The first-order valence-corrected chi connectivity index (χ1v) is 8.75. The van der Waals surface area contributed by atoms with Gasteiger partial charge in [-0.15, -0.1) is 0 Å². The van der Waals surface area contributed by atoms with Gasteiger partial charge in [0.15, 0.2) is 0 Å². The third-order valence-electron chi connectivity index (χ3n) is 4.20. The van der Waals surface area contributed by atoms with Crippen molar-refractivity contribution in [1.82, 2.24) is 0 Å². The SMILES string of the molecule is Cc1ccc(NC(=O)c2ccc(COc3ccc(Cl)cc3)cc2)cc1C. The highest BCUT2D eigenvalue weighted by Gasteiger charge is 2.07. The number of benzene rings is 3. The number of hydrogen-bond donors (Lipinski definition) is 1. The van der Waals surface area contributed by atoms with Gasteiger partial charge in [0.2, 0.25) is 0 Å². The van der Waals surface area contributed by atoms with E-state index in [1.54, 1.807) is 24.3 Å². The quantitative estimate of drug-likeness (QED) is 0.621. The topological polar surface area (TPSA) is 38.3 Å². The fourth-order valence-corrected chi connectivity index (χ4v) is 2.60.